The average molecular weight is 235 g/mol. The molecule has 2 bridgehead atoms. The molecule has 18 heavy (non-hydrogen) atoms. The maximum atomic E-state index is 2.56. The molecule has 2 aromatic rings. The summed E-state index contributed by atoms with van der Waals surface area (Å²) >= 11 is 0. The van der Waals surface area contributed by atoms with Crippen LogP contribution < -0.4 is 0 Å². The second kappa shape index (κ2) is 3.69. The van der Waals surface area contributed by atoms with E-state index in [2.05, 4.69) is 60.5 Å². The highest BCUT2D eigenvalue weighted by Crippen LogP contribution is 2.42. The number of benzene rings is 2. The molecule has 0 aliphatic carbocycles. The minimum absolute atomic E-state index is 0.463. The van der Waals surface area contributed by atoms with Crippen LogP contribution in [0.4, 0.5) is 0 Å². The summed E-state index contributed by atoms with van der Waals surface area (Å²) in [6, 6.07) is 19.0. The van der Waals surface area contributed by atoms with Crippen molar-refractivity contribution >= 4 is 0 Å². The van der Waals surface area contributed by atoms with Gasteiger partial charge in [-0.25, -0.2) is 0 Å². The van der Waals surface area contributed by atoms with Crippen LogP contribution in [0.3, 0.4) is 0 Å². The summed E-state index contributed by atoms with van der Waals surface area (Å²) < 4.78 is 0. The fraction of sp³-hybridized carbons (Fsp3) is 0.294. The van der Waals surface area contributed by atoms with Crippen LogP contribution in [0.2, 0.25) is 0 Å². The van der Waals surface area contributed by atoms with Crippen molar-refractivity contribution in [3.8, 4) is 0 Å². The van der Waals surface area contributed by atoms with Gasteiger partial charge in [0.2, 0.25) is 0 Å². The lowest BCUT2D eigenvalue weighted by Gasteiger charge is -2.46. The van der Waals surface area contributed by atoms with Crippen LogP contribution in [0, 0.1) is 0 Å². The maximum absolute atomic E-state index is 2.56. The Morgan fingerprint density at radius 1 is 0.833 bits per heavy atom. The van der Waals surface area contributed by atoms with Crippen molar-refractivity contribution in [3.63, 3.8) is 0 Å². The number of nitrogens with zero attached hydrogens (tertiary/aromatic N) is 1. The molecule has 2 aliphatic heterocycles. The van der Waals surface area contributed by atoms with Crippen molar-refractivity contribution in [2.45, 2.75) is 24.9 Å². The SMILES string of the molecule is CN1C2Cc3ccccc3C1c1ccccc1C2. The summed E-state index contributed by atoms with van der Waals surface area (Å²) in [5.41, 5.74) is 6.09. The van der Waals surface area contributed by atoms with Gasteiger partial charge in [0.1, 0.15) is 0 Å². The summed E-state index contributed by atoms with van der Waals surface area (Å²) in [7, 11) is 2.28. The molecule has 2 heterocycles. The summed E-state index contributed by atoms with van der Waals surface area (Å²) in [6.45, 7) is 0. The van der Waals surface area contributed by atoms with Gasteiger partial charge in [0.05, 0.1) is 6.04 Å². The van der Waals surface area contributed by atoms with E-state index in [1.165, 1.54) is 24.0 Å². The number of fused-ring (bicyclic) bond motifs is 6. The van der Waals surface area contributed by atoms with Crippen LogP contribution in [-0.2, 0) is 12.8 Å². The van der Waals surface area contributed by atoms with Gasteiger partial charge in [-0.3, -0.25) is 4.90 Å². The van der Waals surface area contributed by atoms with Gasteiger partial charge in [-0.15, -0.1) is 0 Å². The van der Waals surface area contributed by atoms with E-state index >= 15 is 0 Å². The van der Waals surface area contributed by atoms with Gasteiger partial charge in [-0.05, 0) is 42.1 Å². The monoisotopic (exact) mass is 235 g/mol. The average Bonchev–Trinajstić information content (AvgIpc) is 2.39. The molecule has 0 N–H and O–H groups in total. The van der Waals surface area contributed by atoms with Gasteiger partial charge in [0, 0.05) is 6.04 Å². The van der Waals surface area contributed by atoms with E-state index in [1.54, 1.807) is 11.1 Å². The first-order chi connectivity index (χ1) is 8.84. The maximum Gasteiger partial charge on any atom is 0.0607 e. The third-order valence-corrected chi connectivity index (χ3v) is 4.59. The van der Waals surface area contributed by atoms with Gasteiger partial charge >= 0.3 is 0 Å². The van der Waals surface area contributed by atoms with Crippen LogP contribution in [0.15, 0.2) is 48.5 Å². The van der Waals surface area contributed by atoms with Crippen LogP contribution in [-0.4, -0.2) is 18.0 Å². The smallest absolute Gasteiger partial charge is 0.0607 e. The van der Waals surface area contributed by atoms with E-state index in [4.69, 9.17) is 0 Å². The molecular formula is C17H17N. The molecule has 1 nitrogen and oxygen atoms in total. The van der Waals surface area contributed by atoms with Gasteiger partial charge in [0.15, 0.2) is 0 Å². The van der Waals surface area contributed by atoms with E-state index in [0.717, 1.165) is 0 Å². The molecule has 4 rings (SSSR count). The molecule has 0 radical (unpaired) electrons. The third kappa shape index (κ3) is 1.31. The molecule has 0 saturated heterocycles. The van der Waals surface area contributed by atoms with Gasteiger partial charge in [-0.1, -0.05) is 48.5 Å². The third-order valence-electron chi connectivity index (χ3n) is 4.59. The predicted molar refractivity (Wildman–Crippen MR) is 73.7 cm³/mol. The Morgan fingerprint density at radius 2 is 1.33 bits per heavy atom. The molecule has 0 unspecified atom stereocenters. The molecule has 2 aliphatic rings. The summed E-state index contributed by atoms with van der Waals surface area (Å²) in [6.07, 6.45) is 2.38. The van der Waals surface area contributed by atoms with Crippen molar-refractivity contribution < 1.29 is 0 Å². The van der Waals surface area contributed by atoms with Gasteiger partial charge in [0.25, 0.3) is 0 Å². The van der Waals surface area contributed by atoms with E-state index in [9.17, 15) is 0 Å². The first-order valence-corrected chi connectivity index (χ1v) is 6.72. The van der Waals surface area contributed by atoms with Gasteiger partial charge in [-0.2, -0.15) is 0 Å². The summed E-state index contributed by atoms with van der Waals surface area (Å²) in [5.74, 6) is 0. The zero-order chi connectivity index (χ0) is 12.1. The lowest BCUT2D eigenvalue weighted by molar-refractivity contribution is 0.162. The molecule has 0 atom stereocenters. The normalized spacial score (nSPS) is 25.4. The Balaban J connectivity index is 1.97. The summed E-state index contributed by atoms with van der Waals surface area (Å²) in [4.78, 5) is 2.56. The largest absolute Gasteiger partial charge is 0.292 e. The quantitative estimate of drug-likeness (QED) is 0.678. The van der Waals surface area contributed by atoms with Gasteiger partial charge < -0.3 is 0 Å². The first-order valence-electron chi connectivity index (χ1n) is 6.72. The number of hydrogen-bond acceptors (Lipinski definition) is 1. The highest BCUT2D eigenvalue weighted by atomic mass is 15.2. The lowest BCUT2D eigenvalue weighted by atomic mass is 9.77. The fourth-order valence-corrected chi connectivity index (χ4v) is 3.66. The van der Waals surface area contributed by atoms with E-state index in [1.807, 2.05) is 0 Å². The molecule has 0 amide bonds. The number of rotatable bonds is 0. The second-order valence-electron chi connectivity index (χ2n) is 5.53. The highest BCUT2D eigenvalue weighted by molar-refractivity contribution is 5.46. The van der Waals surface area contributed by atoms with E-state index in [0.29, 0.717) is 12.1 Å². The Hall–Kier alpha value is -1.60. The number of likely N-dealkylation sites (N-methyl/N-ethyl adjacent to an activating group) is 1. The standard InChI is InChI=1S/C17H17N/c1-18-14-10-12-6-2-4-8-15(12)17(18)16-9-5-3-7-13(16)11-14/h2-9,14,17H,10-11H2,1H3. The second-order valence-corrected chi connectivity index (χ2v) is 5.53. The lowest BCUT2D eigenvalue weighted by Crippen LogP contribution is -2.46. The Morgan fingerprint density at radius 3 is 1.89 bits per heavy atom. The molecular weight excluding hydrogens is 218 g/mol. The topological polar surface area (TPSA) is 3.24 Å². The van der Waals surface area contributed by atoms with Crippen LogP contribution in [0.1, 0.15) is 28.3 Å². The molecule has 0 aromatic heterocycles. The van der Waals surface area contributed by atoms with E-state index < -0.39 is 0 Å². The first kappa shape index (κ1) is 10.3. The zero-order valence-corrected chi connectivity index (χ0v) is 10.6. The highest BCUT2D eigenvalue weighted by Gasteiger charge is 2.37. The van der Waals surface area contributed by atoms with Crippen molar-refractivity contribution in [3.05, 3.63) is 70.8 Å². The molecule has 0 saturated carbocycles. The molecule has 1 heteroatoms. The minimum Gasteiger partial charge on any atom is -0.292 e. The molecule has 90 valence electrons. The van der Waals surface area contributed by atoms with Crippen LogP contribution in [0.5, 0.6) is 0 Å². The fourth-order valence-electron chi connectivity index (χ4n) is 3.66. The molecule has 2 aromatic carbocycles. The van der Waals surface area contributed by atoms with E-state index in [-0.39, 0.29) is 0 Å². The summed E-state index contributed by atoms with van der Waals surface area (Å²) in [5, 5.41) is 0. The van der Waals surface area contributed by atoms with Crippen molar-refractivity contribution in [1.82, 2.24) is 4.90 Å². The van der Waals surface area contributed by atoms with Crippen molar-refractivity contribution in [2.24, 2.45) is 0 Å². The number of hydrogen-bond donors (Lipinski definition) is 0. The molecule has 0 fully saturated rings. The van der Waals surface area contributed by atoms with Crippen molar-refractivity contribution in [2.75, 3.05) is 7.05 Å². The predicted octanol–water partition coefficient (Wildman–Crippen LogP) is 3.19. The van der Waals surface area contributed by atoms with Crippen LogP contribution in [0.25, 0.3) is 0 Å². The minimum atomic E-state index is 0.463. The van der Waals surface area contributed by atoms with Crippen molar-refractivity contribution in [1.29, 1.82) is 0 Å². The Kier molecular flexibility index (Phi) is 2.12. The Bertz CT molecular complexity index is 553. The molecule has 0 spiro atoms. The zero-order valence-electron chi connectivity index (χ0n) is 10.6. The van der Waals surface area contributed by atoms with Crippen LogP contribution >= 0.6 is 0 Å². The Labute approximate surface area is 108 Å².